The van der Waals surface area contributed by atoms with Gasteiger partial charge in [-0.15, -0.1) is 0 Å². The maximum atomic E-state index is 9.87. The van der Waals surface area contributed by atoms with E-state index >= 15 is 0 Å². The van der Waals surface area contributed by atoms with Crippen LogP contribution in [0.5, 0.6) is 5.75 Å². The van der Waals surface area contributed by atoms with Crippen LogP contribution in [0, 0.1) is 6.92 Å². The van der Waals surface area contributed by atoms with E-state index in [-0.39, 0.29) is 19.3 Å². The summed E-state index contributed by atoms with van der Waals surface area (Å²) in [4.78, 5) is 0. The van der Waals surface area contributed by atoms with Crippen LogP contribution in [0.3, 0.4) is 0 Å². The smallest absolute Gasteiger partial charge is 0.491 e. The minimum Gasteiger partial charge on any atom is -0.491 e. The van der Waals surface area contributed by atoms with Crippen LogP contribution in [0.15, 0.2) is 12.1 Å². The minimum atomic E-state index is -1.01. The molecule has 0 bridgehead atoms. The fourth-order valence-corrected chi connectivity index (χ4v) is 2.08. The average molecular weight is 237 g/mol. The molecule has 4 N–H and O–H groups in total. The molecule has 1 unspecified atom stereocenters. The fourth-order valence-electron chi connectivity index (χ4n) is 2.08. The van der Waals surface area contributed by atoms with E-state index in [2.05, 4.69) is 0 Å². The first kappa shape index (κ1) is 12.4. The van der Waals surface area contributed by atoms with Crippen LogP contribution in [-0.4, -0.2) is 37.0 Å². The van der Waals surface area contributed by atoms with E-state index in [0.29, 0.717) is 17.8 Å². The average Bonchev–Trinajstić information content (AvgIpc) is 2.65. The summed E-state index contributed by atoms with van der Waals surface area (Å²) in [6, 6.07) is 3.79. The highest BCUT2D eigenvalue weighted by molar-refractivity contribution is 6.63. The van der Waals surface area contributed by atoms with Gasteiger partial charge in [0.25, 0.3) is 0 Å². The molecule has 1 heterocycles. The number of fused-ring (bicyclic) bond motifs is 1. The molecule has 0 spiro atoms. The number of benzene rings is 1. The van der Waals surface area contributed by atoms with Gasteiger partial charge in [0.2, 0.25) is 0 Å². The molecule has 17 heavy (non-hydrogen) atoms. The summed E-state index contributed by atoms with van der Waals surface area (Å²) in [5, 5.41) is 18.7. The number of hydrogen-bond acceptors (Lipinski definition) is 5. The van der Waals surface area contributed by atoms with Crippen molar-refractivity contribution in [1.29, 1.82) is 0 Å². The zero-order valence-electron chi connectivity index (χ0n) is 9.72. The monoisotopic (exact) mass is 237 g/mol. The Morgan fingerprint density at radius 2 is 2.29 bits per heavy atom. The molecule has 6 heteroatoms. The minimum absolute atomic E-state index is 0.0691. The van der Waals surface area contributed by atoms with Crippen LogP contribution in [0.4, 0.5) is 0 Å². The van der Waals surface area contributed by atoms with Gasteiger partial charge in [0.15, 0.2) is 0 Å². The highest BCUT2D eigenvalue weighted by atomic mass is 16.5. The van der Waals surface area contributed by atoms with E-state index in [4.69, 9.17) is 20.2 Å². The Bertz CT molecular complexity index is 413. The Labute approximate surface area is 100 Å². The predicted molar refractivity (Wildman–Crippen MR) is 64.2 cm³/mol. The number of ether oxygens (including phenoxy) is 1. The van der Waals surface area contributed by atoms with Gasteiger partial charge in [0.05, 0.1) is 12.7 Å². The van der Waals surface area contributed by atoms with Crippen molar-refractivity contribution in [2.45, 2.75) is 13.0 Å². The van der Waals surface area contributed by atoms with Crippen molar-refractivity contribution in [2.75, 3.05) is 19.8 Å². The van der Waals surface area contributed by atoms with E-state index in [1.54, 1.807) is 0 Å². The largest absolute Gasteiger partial charge is 0.495 e. The zero-order valence-corrected chi connectivity index (χ0v) is 9.72. The Hall–Kier alpha value is -1.08. The number of rotatable bonds is 4. The van der Waals surface area contributed by atoms with E-state index in [0.717, 1.165) is 11.1 Å². The Morgan fingerprint density at radius 1 is 1.53 bits per heavy atom. The Kier molecular flexibility index (Phi) is 3.68. The third-order valence-electron chi connectivity index (χ3n) is 2.87. The molecule has 1 aliphatic heterocycles. The normalized spacial score (nSPS) is 18.4. The van der Waals surface area contributed by atoms with Gasteiger partial charge in [-0.1, -0.05) is 12.1 Å². The second-order valence-corrected chi connectivity index (χ2v) is 4.00. The molecule has 0 saturated carbocycles. The van der Waals surface area contributed by atoms with Gasteiger partial charge in [0.1, 0.15) is 12.4 Å². The topological polar surface area (TPSA) is 84.9 Å². The zero-order chi connectivity index (χ0) is 12.4. The second-order valence-electron chi connectivity index (χ2n) is 4.00. The van der Waals surface area contributed by atoms with Crippen LogP contribution in [0.1, 0.15) is 17.2 Å². The maximum absolute atomic E-state index is 9.87. The van der Waals surface area contributed by atoms with Crippen molar-refractivity contribution in [3.63, 3.8) is 0 Å². The van der Waals surface area contributed by atoms with Gasteiger partial charge >= 0.3 is 7.12 Å². The summed E-state index contributed by atoms with van der Waals surface area (Å²) >= 11 is 0. The summed E-state index contributed by atoms with van der Waals surface area (Å²) in [5.74, 6) is 0.583. The maximum Gasteiger partial charge on any atom is 0.495 e. The molecule has 0 radical (unpaired) electrons. The lowest BCUT2D eigenvalue weighted by Gasteiger charge is -2.13. The second kappa shape index (κ2) is 5.06. The van der Waals surface area contributed by atoms with Crippen LogP contribution < -0.4 is 15.9 Å². The highest BCUT2D eigenvalue weighted by Gasteiger charge is 2.37. The molecule has 1 atom stereocenters. The molecule has 0 fully saturated rings. The van der Waals surface area contributed by atoms with E-state index in [9.17, 15) is 5.02 Å². The molecular weight excluding hydrogens is 221 g/mol. The molecule has 92 valence electrons. The Balaban J connectivity index is 2.42. The number of aliphatic hydroxyl groups is 1. The van der Waals surface area contributed by atoms with Crippen molar-refractivity contribution in [3.05, 3.63) is 23.3 Å². The van der Waals surface area contributed by atoms with Crippen molar-refractivity contribution in [1.82, 2.24) is 0 Å². The SMILES string of the molecule is Cc1ccc2c(c1OCCO)B(O)OC2CN. The number of aryl methyl sites for hydroxylation is 1. The number of aliphatic hydroxyl groups excluding tert-OH is 1. The summed E-state index contributed by atoms with van der Waals surface area (Å²) < 4.78 is 10.8. The van der Waals surface area contributed by atoms with Crippen molar-refractivity contribution in [2.24, 2.45) is 5.73 Å². The number of hydrogen-bond donors (Lipinski definition) is 3. The van der Waals surface area contributed by atoms with E-state index < -0.39 is 7.12 Å². The lowest BCUT2D eigenvalue weighted by molar-refractivity contribution is 0.197. The fraction of sp³-hybridized carbons (Fsp3) is 0.455. The number of nitrogens with two attached hydrogens (primary N) is 1. The summed E-state index contributed by atoms with van der Waals surface area (Å²) in [6.45, 7) is 2.32. The third-order valence-corrected chi connectivity index (χ3v) is 2.87. The molecule has 0 aliphatic carbocycles. The van der Waals surface area contributed by atoms with Gasteiger partial charge in [-0.2, -0.15) is 0 Å². The first-order valence-electron chi connectivity index (χ1n) is 5.59. The van der Waals surface area contributed by atoms with Gasteiger partial charge in [-0.05, 0) is 18.1 Å². The molecule has 1 aromatic carbocycles. The first-order chi connectivity index (χ1) is 8.19. The molecule has 2 rings (SSSR count). The van der Waals surface area contributed by atoms with Crippen molar-refractivity contribution < 1.29 is 19.5 Å². The Morgan fingerprint density at radius 3 is 2.94 bits per heavy atom. The molecule has 1 aliphatic rings. The van der Waals surface area contributed by atoms with Crippen LogP contribution in [0.25, 0.3) is 0 Å². The summed E-state index contributed by atoms with van der Waals surface area (Å²) in [6.07, 6.45) is -0.294. The van der Waals surface area contributed by atoms with Crippen LogP contribution in [0.2, 0.25) is 0 Å². The van der Waals surface area contributed by atoms with E-state index in [1.807, 2.05) is 19.1 Å². The van der Waals surface area contributed by atoms with Gasteiger partial charge in [0, 0.05) is 12.0 Å². The molecule has 5 nitrogen and oxygen atoms in total. The van der Waals surface area contributed by atoms with Crippen molar-refractivity contribution in [3.8, 4) is 5.75 Å². The lowest BCUT2D eigenvalue weighted by Crippen LogP contribution is -2.31. The van der Waals surface area contributed by atoms with Gasteiger partial charge in [-0.3, -0.25) is 0 Å². The summed E-state index contributed by atoms with van der Waals surface area (Å²) in [7, 11) is -1.01. The quantitative estimate of drug-likeness (QED) is 0.590. The summed E-state index contributed by atoms with van der Waals surface area (Å²) in [5.41, 5.74) is 7.98. The van der Waals surface area contributed by atoms with Crippen LogP contribution >= 0.6 is 0 Å². The van der Waals surface area contributed by atoms with Gasteiger partial charge in [-0.25, -0.2) is 0 Å². The molecule has 1 aromatic rings. The standard InChI is InChI=1S/C11H16BNO4/c1-7-2-3-8-9(6-13)17-12(15)10(8)11(7)16-5-4-14/h2-3,9,14-15H,4-6,13H2,1H3. The molecule has 0 aromatic heterocycles. The van der Waals surface area contributed by atoms with Crippen LogP contribution in [-0.2, 0) is 4.65 Å². The predicted octanol–water partition coefficient (Wildman–Crippen LogP) is -0.916. The lowest BCUT2D eigenvalue weighted by atomic mass is 9.77. The third kappa shape index (κ3) is 2.17. The first-order valence-corrected chi connectivity index (χ1v) is 5.59. The molecular formula is C11H16BNO4. The van der Waals surface area contributed by atoms with Gasteiger partial charge < -0.3 is 25.3 Å². The highest BCUT2D eigenvalue weighted by Crippen LogP contribution is 2.29. The molecule has 0 saturated heterocycles. The van der Waals surface area contributed by atoms with E-state index in [1.165, 1.54) is 0 Å². The molecule has 0 amide bonds. The van der Waals surface area contributed by atoms with Crippen molar-refractivity contribution >= 4 is 12.6 Å².